The third kappa shape index (κ3) is 2.44. The first-order valence-corrected chi connectivity index (χ1v) is 6.27. The molecular weight excluding hydrogens is 208 g/mol. The summed E-state index contributed by atoms with van der Waals surface area (Å²) in [7, 11) is 1.65. The Kier molecular flexibility index (Phi) is 3.49. The highest BCUT2D eigenvalue weighted by molar-refractivity contribution is 7.99. The van der Waals surface area contributed by atoms with Gasteiger partial charge in [-0.3, -0.25) is 5.32 Å². The van der Waals surface area contributed by atoms with E-state index in [2.05, 4.69) is 17.2 Å². The van der Waals surface area contributed by atoms with E-state index < -0.39 is 0 Å². The maximum absolute atomic E-state index is 5.12. The molecule has 4 heteroatoms. The van der Waals surface area contributed by atoms with Crippen LogP contribution in [0.1, 0.15) is 24.4 Å². The van der Waals surface area contributed by atoms with Gasteiger partial charge in [-0.25, -0.2) is 4.98 Å². The van der Waals surface area contributed by atoms with E-state index in [0.29, 0.717) is 17.3 Å². The Morgan fingerprint density at radius 3 is 3.13 bits per heavy atom. The average molecular weight is 224 g/mol. The van der Waals surface area contributed by atoms with Gasteiger partial charge in [0.25, 0.3) is 0 Å². The molecule has 0 saturated carbocycles. The normalized spacial score (nSPS) is 25.5. The largest absolute Gasteiger partial charge is 0.481 e. The molecule has 0 aromatic carbocycles. The zero-order valence-electron chi connectivity index (χ0n) is 9.06. The molecule has 2 heterocycles. The molecule has 0 amide bonds. The van der Waals surface area contributed by atoms with Gasteiger partial charge < -0.3 is 4.74 Å². The van der Waals surface area contributed by atoms with Gasteiger partial charge in [0.2, 0.25) is 5.88 Å². The maximum Gasteiger partial charge on any atom is 0.213 e. The van der Waals surface area contributed by atoms with Crippen LogP contribution < -0.4 is 10.1 Å². The molecule has 0 radical (unpaired) electrons. The average Bonchev–Trinajstić information content (AvgIpc) is 2.78. The minimum atomic E-state index is 0.324. The number of rotatable bonds is 3. The monoisotopic (exact) mass is 224 g/mol. The second-order valence-corrected chi connectivity index (χ2v) is 4.73. The third-order valence-electron chi connectivity index (χ3n) is 2.57. The summed E-state index contributed by atoms with van der Waals surface area (Å²) in [5.41, 5.74) is 1.07. The first kappa shape index (κ1) is 10.8. The molecule has 1 aromatic rings. The predicted octanol–water partition coefficient (Wildman–Crippen LogP) is 2.20. The van der Waals surface area contributed by atoms with Crippen molar-refractivity contribution in [1.29, 1.82) is 0 Å². The summed E-state index contributed by atoms with van der Waals surface area (Å²) in [4.78, 5) is 4.44. The van der Waals surface area contributed by atoms with Gasteiger partial charge in [0.05, 0.1) is 18.2 Å². The number of nitrogens with zero attached hydrogens (tertiary/aromatic N) is 1. The second-order valence-electron chi connectivity index (χ2n) is 3.59. The van der Waals surface area contributed by atoms with E-state index in [1.807, 2.05) is 30.0 Å². The Labute approximate surface area is 94.6 Å². The minimum absolute atomic E-state index is 0.324. The summed E-state index contributed by atoms with van der Waals surface area (Å²) in [6.07, 6.45) is 1.17. The minimum Gasteiger partial charge on any atom is -0.481 e. The van der Waals surface area contributed by atoms with Gasteiger partial charge in [0, 0.05) is 17.9 Å². The summed E-state index contributed by atoms with van der Waals surface area (Å²) in [6, 6.07) is 6.53. The zero-order valence-corrected chi connectivity index (χ0v) is 9.88. The molecule has 1 fully saturated rings. The van der Waals surface area contributed by atoms with E-state index in [0.717, 1.165) is 5.69 Å². The number of methoxy groups -OCH3 is 1. The fraction of sp³-hybridized carbons (Fsp3) is 0.545. The van der Waals surface area contributed by atoms with Gasteiger partial charge in [-0.1, -0.05) is 13.0 Å². The van der Waals surface area contributed by atoms with E-state index in [1.54, 1.807) is 7.11 Å². The molecule has 2 unspecified atom stereocenters. The predicted molar refractivity (Wildman–Crippen MR) is 63.2 cm³/mol. The zero-order chi connectivity index (χ0) is 10.7. The molecule has 0 aliphatic carbocycles. The number of pyridine rings is 1. The molecule has 2 atom stereocenters. The lowest BCUT2D eigenvalue weighted by Crippen LogP contribution is -2.25. The van der Waals surface area contributed by atoms with Crippen molar-refractivity contribution in [2.75, 3.05) is 12.9 Å². The van der Waals surface area contributed by atoms with Crippen molar-refractivity contribution in [3.05, 3.63) is 23.9 Å². The van der Waals surface area contributed by atoms with Gasteiger partial charge in [-0.15, -0.1) is 11.8 Å². The van der Waals surface area contributed by atoms with E-state index in [9.17, 15) is 0 Å². The Morgan fingerprint density at radius 2 is 2.47 bits per heavy atom. The first-order valence-electron chi connectivity index (χ1n) is 5.22. The van der Waals surface area contributed by atoms with Gasteiger partial charge in [0.1, 0.15) is 0 Å². The fourth-order valence-corrected chi connectivity index (χ4v) is 2.97. The van der Waals surface area contributed by atoms with Crippen LogP contribution in [0.4, 0.5) is 0 Å². The van der Waals surface area contributed by atoms with E-state index >= 15 is 0 Å². The van der Waals surface area contributed by atoms with Crippen LogP contribution in [-0.2, 0) is 0 Å². The Balaban J connectivity index is 2.09. The van der Waals surface area contributed by atoms with Crippen LogP contribution in [0.3, 0.4) is 0 Å². The topological polar surface area (TPSA) is 34.1 Å². The van der Waals surface area contributed by atoms with Crippen molar-refractivity contribution in [1.82, 2.24) is 10.3 Å². The van der Waals surface area contributed by atoms with Crippen molar-refractivity contribution in [2.24, 2.45) is 0 Å². The van der Waals surface area contributed by atoms with Crippen molar-refractivity contribution in [3.8, 4) is 5.88 Å². The van der Waals surface area contributed by atoms with Crippen molar-refractivity contribution in [2.45, 2.75) is 24.8 Å². The molecule has 0 bridgehead atoms. The number of ether oxygens (including phenoxy) is 1. The van der Waals surface area contributed by atoms with Crippen LogP contribution in [0.25, 0.3) is 0 Å². The Hall–Kier alpha value is -0.740. The summed E-state index contributed by atoms with van der Waals surface area (Å²) >= 11 is 1.92. The SMILES string of the molecule is CCC1CSC(c2cccc(OC)n2)N1. The van der Waals surface area contributed by atoms with Gasteiger partial charge >= 0.3 is 0 Å². The summed E-state index contributed by atoms with van der Waals surface area (Å²) in [6.45, 7) is 2.21. The molecule has 1 aliphatic heterocycles. The third-order valence-corrected chi connectivity index (χ3v) is 3.87. The van der Waals surface area contributed by atoms with E-state index in [4.69, 9.17) is 4.74 Å². The summed E-state index contributed by atoms with van der Waals surface area (Å²) in [5, 5.41) is 3.88. The lowest BCUT2D eigenvalue weighted by Gasteiger charge is -2.11. The number of thioether (sulfide) groups is 1. The fourth-order valence-electron chi connectivity index (χ4n) is 1.62. The molecule has 82 valence electrons. The highest BCUT2D eigenvalue weighted by atomic mass is 32.2. The van der Waals surface area contributed by atoms with Crippen LogP contribution in [-0.4, -0.2) is 23.9 Å². The molecule has 0 spiro atoms. The number of hydrogen-bond acceptors (Lipinski definition) is 4. The van der Waals surface area contributed by atoms with Crippen LogP contribution in [0.2, 0.25) is 0 Å². The quantitative estimate of drug-likeness (QED) is 0.853. The van der Waals surface area contributed by atoms with Gasteiger partial charge in [0.15, 0.2) is 0 Å². The molecule has 1 aliphatic rings. The molecule has 15 heavy (non-hydrogen) atoms. The van der Waals surface area contributed by atoms with Crippen molar-refractivity contribution < 1.29 is 4.74 Å². The first-order chi connectivity index (χ1) is 7.33. The standard InChI is InChI=1S/C11H16N2OS/c1-3-8-7-15-11(12-8)9-5-4-6-10(13-9)14-2/h4-6,8,11-12H,3,7H2,1-2H3. The van der Waals surface area contributed by atoms with Crippen LogP contribution in [0.5, 0.6) is 5.88 Å². The van der Waals surface area contributed by atoms with Gasteiger partial charge in [-0.2, -0.15) is 0 Å². The van der Waals surface area contributed by atoms with Crippen molar-refractivity contribution in [3.63, 3.8) is 0 Å². The lowest BCUT2D eigenvalue weighted by molar-refractivity contribution is 0.395. The van der Waals surface area contributed by atoms with Crippen LogP contribution >= 0.6 is 11.8 Å². The second kappa shape index (κ2) is 4.86. The number of hydrogen-bond donors (Lipinski definition) is 1. The van der Waals surface area contributed by atoms with Crippen LogP contribution in [0.15, 0.2) is 18.2 Å². The smallest absolute Gasteiger partial charge is 0.213 e. The lowest BCUT2D eigenvalue weighted by atomic mass is 10.2. The van der Waals surface area contributed by atoms with Gasteiger partial charge in [-0.05, 0) is 12.5 Å². The molecule has 1 N–H and O–H groups in total. The van der Waals surface area contributed by atoms with Crippen LogP contribution in [0, 0.1) is 0 Å². The maximum atomic E-state index is 5.12. The van der Waals surface area contributed by atoms with E-state index in [1.165, 1.54) is 12.2 Å². The highest BCUT2D eigenvalue weighted by Crippen LogP contribution is 2.32. The summed E-state index contributed by atoms with van der Waals surface area (Å²) in [5.74, 6) is 1.86. The molecule has 2 rings (SSSR count). The molecular formula is C11H16N2OS. The molecule has 1 saturated heterocycles. The summed E-state index contributed by atoms with van der Waals surface area (Å²) < 4.78 is 5.12. The molecule has 3 nitrogen and oxygen atoms in total. The van der Waals surface area contributed by atoms with Crippen molar-refractivity contribution >= 4 is 11.8 Å². The van der Waals surface area contributed by atoms with E-state index in [-0.39, 0.29) is 0 Å². The number of aromatic nitrogens is 1. The highest BCUT2D eigenvalue weighted by Gasteiger charge is 2.25. The molecule has 1 aromatic heterocycles. The number of nitrogens with one attached hydrogen (secondary N) is 1. The Morgan fingerprint density at radius 1 is 1.60 bits per heavy atom. The Bertz CT molecular complexity index is 332.